The van der Waals surface area contributed by atoms with Gasteiger partial charge < -0.3 is 29.4 Å². The fourth-order valence-electron chi connectivity index (χ4n) is 14.2. The van der Waals surface area contributed by atoms with Crippen molar-refractivity contribution in [2.24, 2.45) is 0 Å². The molecule has 0 amide bonds. The Morgan fingerprint density at radius 3 is 1.01 bits per heavy atom. The van der Waals surface area contributed by atoms with Crippen LogP contribution in [0.5, 0.6) is 0 Å². The van der Waals surface area contributed by atoms with E-state index in [9.17, 15) is 0 Å². The molecule has 6 heteroatoms. The molecular formula is C73H118N6. The number of hydrogen-bond acceptors (Lipinski definition) is 6. The van der Waals surface area contributed by atoms with Crippen LogP contribution in [-0.4, -0.2) is 151 Å². The van der Waals surface area contributed by atoms with Crippen molar-refractivity contribution in [2.45, 2.75) is 199 Å². The lowest BCUT2D eigenvalue weighted by atomic mass is 9.69. The highest BCUT2D eigenvalue weighted by Gasteiger charge is 2.44. The Balaban J connectivity index is 1.33. The molecule has 4 aromatic carbocycles. The topological polar surface area (TPSA) is 19.4 Å². The Bertz CT molecular complexity index is 2240. The van der Waals surface area contributed by atoms with Gasteiger partial charge in [0.1, 0.15) is 0 Å². The first kappa shape index (κ1) is 64.8. The Labute approximate surface area is 487 Å². The Morgan fingerprint density at radius 1 is 0.291 bits per heavy atom. The lowest BCUT2D eigenvalue weighted by Crippen LogP contribution is -2.31. The van der Waals surface area contributed by atoms with Gasteiger partial charge in [0.05, 0.1) is 0 Å². The third-order valence-corrected chi connectivity index (χ3v) is 18.5. The largest absolute Gasteiger partial charge is 0.309 e. The first-order chi connectivity index (χ1) is 38.3. The summed E-state index contributed by atoms with van der Waals surface area (Å²) in [7, 11) is 17.8. The van der Waals surface area contributed by atoms with Crippen LogP contribution in [0.3, 0.4) is 0 Å². The molecule has 0 aliphatic heterocycles. The average Bonchev–Trinajstić information content (AvgIpc) is 4.12. The second-order valence-electron chi connectivity index (χ2n) is 26.2. The number of benzene rings is 4. The van der Waals surface area contributed by atoms with Gasteiger partial charge in [0.15, 0.2) is 0 Å². The molecule has 79 heavy (non-hydrogen) atoms. The molecule has 4 aromatic rings. The van der Waals surface area contributed by atoms with Crippen molar-refractivity contribution in [1.82, 2.24) is 29.4 Å². The van der Waals surface area contributed by atoms with Crippen LogP contribution in [0.15, 0.2) is 78.9 Å². The Kier molecular flexibility index (Phi) is 28.1. The number of nitrogens with zero attached hydrogens (tertiary/aromatic N) is 6. The summed E-state index contributed by atoms with van der Waals surface area (Å²) in [5.41, 5.74) is 16.8. The first-order valence-corrected chi connectivity index (χ1v) is 32.9. The second kappa shape index (κ2) is 34.3. The summed E-state index contributed by atoms with van der Waals surface area (Å²) in [6.45, 7) is 18.9. The molecule has 0 heterocycles. The van der Waals surface area contributed by atoms with Crippen LogP contribution in [0, 0.1) is 6.92 Å². The third kappa shape index (κ3) is 19.4. The van der Waals surface area contributed by atoms with E-state index in [1.54, 1.807) is 22.3 Å². The summed E-state index contributed by atoms with van der Waals surface area (Å²) in [5.74, 6) is 0. The Morgan fingerprint density at radius 2 is 0.608 bits per heavy atom. The van der Waals surface area contributed by atoms with Gasteiger partial charge in [-0.25, -0.2) is 0 Å². The zero-order valence-corrected chi connectivity index (χ0v) is 53.1. The number of aryl methyl sites for hydroxylation is 1. The van der Waals surface area contributed by atoms with Gasteiger partial charge in [-0.05, 0) is 261 Å². The van der Waals surface area contributed by atoms with E-state index >= 15 is 0 Å². The number of unbranched alkanes of at least 4 members (excludes halogenated alkanes) is 14. The van der Waals surface area contributed by atoms with Crippen LogP contribution in [0.1, 0.15) is 209 Å². The molecule has 0 saturated heterocycles. The minimum absolute atomic E-state index is 0.00713. The molecule has 0 aromatic heterocycles. The predicted molar refractivity (Wildman–Crippen MR) is 348 cm³/mol. The second-order valence-corrected chi connectivity index (χ2v) is 26.2. The van der Waals surface area contributed by atoms with E-state index in [1.807, 2.05) is 0 Å². The maximum atomic E-state index is 2.79. The normalized spacial score (nSPS) is 14.2. The van der Waals surface area contributed by atoms with Crippen molar-refractivity contribution >= 4 is 0 Å². The zero-order chi connectivity index (χ0) is 56.5. The number of rotatable bonds is 43. The minimum atomic E-state index is 0.00713. The molecule has 6 nitrogen and oxygen atoms in total. The van der Waals surface area contributed by atoms with E-state index in [2.05, 4.69) is 185 Å². The highest BCUT2D eigenvalue weighted by atomic mass is 15.1. The highest BCUT2D eigenvalue weighted by Crippen LogP contribution is 2.57. The van der Waals surface area contributed by atoms with Crippen molar-refractivity contribution in [1.29, 1.82) is 0 Å². The van der Waals surface area contributed by atoms with E-state index in [-0.39, 0.29) is 10.8 Å². The minimum Gasteiger partial charge on any atom is -0.309 e. The Hall–Kier alpha value is -3.36. The number of fused-ring (bicyclic) bond motifs is 6. The fraction of sp³-hybridized carbons (Fsp3) is 0.671. The van der Waals surface area contributed by atoms with E-state index in [0.717, 1.165) is 26.2 Å². The molecular weight excluding hydrogens is 961 g/mol. The van der Waals surface area contributed by atoms with Crippen LogP contribution >= 0.6 is 0 Å². The van der Waals surface area contributed by atoms with Gasteiger partial charge in [0.2, 0.25) is 0 Å². The van der Waals surface area contributed by atoms with Crippen LogP contribution in [0.4, 0.5) is 0 Å². The third-order valence-electron chi connectivity index (χ3n) is 18.5. The first-order valence-electron chi connectivity index (χ1n) is 32.9. The standard InChI is InChI=1S/C73H118N6/c1-12-14-16-18-20-26-44-72(45-27-21-19-17-15-13-2)68-37-25-24-36-64(68)66-42-39-62(59-70(66)72)63-40-43-67-65-41-38-61(3)58-69(65)73(71(67)60-63,46-28-22-30-52-78(54-32-48-74(4)5)55-33-49-75(6)7)47-29-23-31-53-79(56-34-50-76(8)9)57-35-51-77(10)11/h24-25,36-43,58-60H,12-23,26-35,44-57H2,1-11H3. The molecule has 0 spiro atoms. The molecule has 6 rings (SSSR count). The molecule has 0 radical (unpaired) electrons. The molecule has 0 fully saturated rings. The van der Waals surface area contributed by atoms with Crippen LogP contribution in [0.25, 0.3) is 33.4 Å². The van der Waals surface area contributed by atoms with Gasteiger partial charge in [-0.1, -0.05) is 189 Å². The summed E-state index contributed by atoms with van der Waals surface area (Å²) in [5, 5.41) is 0. The molecule has 2 aliphatic carbocycles. The molecule has 440 valence electrons. The van der Waals surface area contributed by atoms with Crippen molar-refractivity contribution < 1.29 is 0 Å². The van der Waals surface area contributed by atoms with Crippen molar-refractivity contribution in [3.8, 4) is 33.4 Å². The quantitative estimate of drug-likeness (QED) is 0.0409. The summed E-state index contributed by atoms with van der Waals surface area (Å²) in [4.78, 5) is 15.0. The fourth-order valence-corrected chi connectivity index (χ4v) is 14.2. The summed E-state index contributed by atoms with van der Waals surface area (Å²) in [6.07, 6.45) is 33.8. The van der Waals surface area contributed by atoms with Crippen molar-refractivity contribution in [3.63, 3.8) is 0 Å². The molecule has 0 atom stereocenters. The van der Waals surface area contributed by atoms with E-state index < -0.39 is 0 Å². The van der Waals surface area contributed by atoms with E-state index in [4.69, 9.17) is 0 Å². The van der Waals surface area contributed by atoms with Gasteiger partial charge in [0.25, 0.3) is 0 Å². The van der Waals surface area contributed by atoms with Crippen LogP contribution < -0.4 is 0 Å². The summed E-state index contributed by atoms with van der Waals surface area (Å²) < 4.78 is 0. The molecule has 0 bridgehead atoms. The molecule has 0 saturated carbocycles. The maximum Gasteiger partial charge on any atom is 0.0215 e. The van der Waals surface area contributed by atoms with Gasteiger partial charge >= 0.3 is 0 Å². The zero-order valence-electron chi connectivity index (χ0n) is 53.1. The lowest BCUT2D eigenvalue weighted by molar-refractivity contribution is 0.234. The lowest BCUT2D eigenvalue weighted by Gasteiger charge is -2.34. The van der Waals surface area contributed by atoms with E-state index in [0.29, 0.717) is 0 Å². The highest BCUT2D eigenvalue weighted by molar-refractivity contribution is 5.87. The summed E-state index contributed by atoms with van der Waals surface area (Å²) >= 11 is 0. The molecule has 0 unspecified atom stereocenters. The van der Waals surface area contributed by atoms with Crippen molar-refractivity contribution in [3.05, 3.63) is 107 Å². The average molecular weight is 1080 g/mol. The molecule has 2 aliphatic rings. The van der Waals surface area contributed by atoms with Crippen LogP contribution in [0.2, 0.25) is 0 Å². The predicted octanol–water partition coefficient (Wildman–Crippen LogP) is 17.2. The van der Waals surface area contributed by atoms with E-state index in [1.165, 1.54) is 245 Å². The van der Waals surface area contributed by atoms with Crippen molar-refractivity contribution in [2.75, 3.05) is 122 Å². The SMILES string of the molecule is CCCCCCCCC1(CCCCCCCC)c2ccccc2-c2ccc(-c3ccc4c(c3)C(CCCCCN(CCCN(C)C)CCCN(C)C)(CCCCCN(CCCN(C)C)CCCN(C)C)c3cc(C)ccc3-4)cc21. The molecule has 0 N–H and O–H groups in total. The number of hydrogen-bond donors (Lipinski definition) is 0. The monoisotopic (exact) mass is 1080 g/mol. The summed E-state index contributed by atoms with van der Waals surface area (Å²) in [6, 6.07) is 32.7. The van der Waals surface area contributed by atoms with Gasteiger partial charge in [-0.2, -0.15) is 0 Å². The maximum absolute atomic E-state index is 2.79. The van der Waals surface area contributed by atoms with Crippen LogP contribution in [-0.2, 0) is 10.8 Å². The van der Waals surface area contributed by atoms with Gasteiger partial charge in [-0.15, -0.1) is 0 Å². The smallest absolute Gasteiger partial charge is 0.0215 e. The van der Waals surface area contributed by atoms with Gasteiger partial charge in [-0.3, -0.25) is 0 Å². The van der Waals surface area contributed by atoms with Gasteiger partial charge in [0, 0.05) is 10.8 Å².